The first kappa shape index (κ1) is 17.4. The van der Waals surface area contributed by atoms with E-state index in [1.807, 2.05) is 13.0 Å². The van der Waals surface area contributed by atoms with Gasteiger partial charge in [0.25, 0.3) is 5.91 Å². The van der Waals surface area contributed by atoms with Crippen LogP contribution in [0.5, 0.6) is 0 Å². The fourth-order valence-corrected chi connectivity index (χ4v) is 3.93. The molecule has 130 valence electrons. The highest BCUT2D eigenvalue weighted by Gasteiger charge is 2.44. The molecule has 5 nitrogen and oxygen atoms in total. The molecule has 1 aromatic rings. The topological polar surface area (TPSA) is 60.9 Å². The smallest absolute Gasteiger partial charge is 0.251 e. The molecule has 2 atom stereocenters. The predicted molar refractivity (Wildman–Crippen MR) is 93.1 cm³/mol. The Balaban J connectivity index is 1.84. The number of piperidine rings is 1. The van der Waals surface area contributed by atoms with Gasteiger partial charge >= 0.3 is 0 Å². The van der Waals surface area contributed by atoms with E-state index in [-0.39, 0.29) is 30.9 Å². The van der Waals surface area contributed by atoms with Crippen molar-refractivity contribution in [2.24, 2.45) is 0 Å². The van der Waals surface area contributed by atoms with E-state index in [2.05, 4.69) is 4.90 Å². The normalized spacial score (nSPS) is 25.5. The Hall–Kier alpha value is -1.43. The molecule has 0 saturated carbocycles. The highest BCUT2D eigenvalue weighted by atomic mass is 35.5. The minimum Gasteiger partial charge on any atom is -0.396 e. The van der Waals surface area contributed by atoms with Crippen LogP contribution >= 0.6 is 11.6 Å². The van der Waals surface area contributed by atoms with Crippen LogP contribution in [0.3, 0.4) is 0 Å². The molecular formula is C18H23ClN2O3. The van der Waals surface area contributed by atoms with Gasteiger partial charge in [-0.1, -0.05) is 24.1 Å². The van der Waals surface area contributed by atoms with Gasteiger partial charge in [0.1, 0.15) is 0 Å². The maximum Gasteiger partial charge on any atom is 0.251 e. The zero-order chi connectivity index (χ0) is 17.3. The van der Waals surface area contributed by atoms with Crippen LogP contribution in [0.25, 0.3) is 0 Å². The van der Waals surface area contributed by atoms with E-state index in [9.17, 15) is 14.7 Å². The van der Waals surface area contributed by atoms with E-state index in [0.29, 0.717) is 17.1 Å². The number of carbonyl (C=O) groups is 2. The first-order valence-electron chi connectivity index (χ1n) is 8.52. The van der Waals surface area contributed by atoms with Crippen molar-refractivity contribution in [2.75, 3.05) is 18.1 Å². The van der Waals surface area contributed by atoms with Gasteiger partial charge in [-0.05, 0) is 50.4 Å². The summed E-state index contributed by atoms with van der Waals surface area (Å²) in [7, 11) is 0. The van der Waals surface area contributed by atoms with Gasteiger partial charge in [0.2, 0.25) is 5.91 Å². The van der Waals surface area contributed by atoms with Crippen molar-refractivity contribution >= 4 is 29.1 Å². The lowest BCUT2D eigenvalue weighted by atomic mass is 9.97. The maximum absolute atomic E-state index is 12.9. The van der Waals surface area contributed by atoms with E-state index in [0.717, 1.165) is 31.4 Å². The summed E-state index contributed by atoms with van der Waals surface area (Å²) >= 11 is 6.15. The van der Waals surface area contributed by atoms with Gasteiger partial charge in [-0.3, -0.25) is 14.5 Å². The zero-order valence-electron chi connectivity index (χ0n) is 13.9. The fraction of sp³-hybridized carbons (Fsp3) is 0.556. The third-order valence-corrected chi connectivity index (χ3v) is 5.48. The maximum atomic E-state index is 12.9. The number of likely N-dealkylation sites (tertiary alicyclic amines) is 1. The van der Waals surface area contributed by atoms with Crippen LogP contribution in [-0.4, -0.2) is 47.1 Å². The Morgan fingerprint density at radius 3 is 2.79 bits per heavy atom. The molecule has 0 aromatic heterocycles. The van der Waals surface area contributed by atoms with Gasteiger partial charge < -0.3 is 5.11 Å². The Morgan fingerprint density at radius 1 is 1.29 bits per heavy atom. The number of halogens is 1. The highest BCUT2D eigenvalue weighted by Crippen LogP contribution is 2.32. The Morgan fingerprint density at radius 2 is 2.08 bits per heavy atom. The zero-order valence-corrected chi connectivity index (χ0v) is 14.6. The number of aliphatic hydroxyl groups is 1. The van der Waals surface area contributed by atoms with Crippen LogP contribution < -0.4 is 4.90 Å². The molecule has 1 aromatic carbocycles. The van der Waals surface area contributed by atoms with E-state index >= 15 is 0 Å². The first-order chi connectivity index (χ1) is 11.5. The fourth-order valence-electron chi connectivity index (χ4n) is 3.76. The molecule has 1 N–H and O–H groups in total. The summed E-state index contributed by atoms with van der Waals surface area (Å²) < 4.78 is 0. The van der Waals surface area contributed by atoms with Gasteiger partial charge in [-0.2, -0.15) is 0 Å². The molecule has 2 saturated heterocycles. The lowest BCUT2D eigenvalue weighted by molar-refractivity contribution is -0.123. The van der Waals surface area contributed by atoms with Crippen LogP contribution in [0.4, 0.5) is 5.69 Å². The SMILES string of the molecule is Cc1ccc(N2C(=O)C[C@@H](N3CCCC[C@@H]3CCO)C2=O)cc1Cl. The molecule has 0 bridgehead atoms. The van der Waals surface area contributed by atoms with Gasteiger partial charge in [0.05, 0.1) is 18.2 Å². The van der Waals surface area contributed by atoms with Gasteiger partial charge in [-0.25, -0.2) is 4.90 Å². The summed E-state index contributed by atoms with van der Waals surface area (Å²) in [5, 5.41) is 9.83. The Bertz CT molecular complexity index is 647. The van der Waals surface area contributed by atoms with Crippen molar-refractivity contribution < 1.29 is 14.7 Å². The molecule has 0 aliphatic carbocycles. The van der Waals surface area contributed by atoms with E-state index < -0.39 is 6.04 Å². The van der Waals surface area contributed by atoms with Crippen molar-refractivity contribution in [1.29, 1.82) is 0 Å². The summed E-state index contributed by atoms with van der Waals surface area (Å²) in [6, 6.07) is 5.01. The minimum atomic E-state index is -0.422. The molecule has 2 heterocycles. The summed E-state index contributed by atoms with van der Waals surface area (Å²) in [6.45, 7) is 2.79. The van der Waals surface area contributed by atoms with Gasteiger partial charge in [0.15, 0.2) is 0 Å². The average Bonchev–Trinajstić information content (AvgIpc) is 2.86. The molecule has 0 radical (unpaired) electrons. The highest BCUT2D eigenvalue weighted by molar-refractivity contribution is 6.32. The number of anilines is 1. The lowest BCUT2D eigenvalue weighted by Gasteiger charge is -2.38. The van der Waals surface area contributed by atoms with Crippen LogP contribution in [0.1, 0.15) is 37.7 Å². The third-order valence-electron chi connectivity index (χ3n) is 5.07. The number of aryl methyl sites for hydroxylation is 1. The van der Waals surface area contributed by atoms with E-state index in [1.54, 1.807) is 12.1 Å². The average molecular weight is 351 g/mol. The van der Waals surface area contributed by atoms with Crippen molar-refractivity contribution in [2.45, 2.75) is 51.1 Å². The van der Waals surface area contributed by atoms with Gasteiger partial charge in [0, 0.05) is 17.7 Å². The largest absolute Gasteiger partial charge is 0.396 e. The Labute approximate surface area is 147 Å². The third kappa shape index (κ3) is 3.21. The van der Waals surface area contributed by atoms with Crippen LogP contribution in [0.15, 0.2) is 18.2 Å². The summed E-state index contributed by atoms with van der Waals surface area (Å²) in [6.07, 6.45) is 3.94. The second-order valence-corrected chi connectivity index (χ2v) is 7.03. The van der Waals surface area contributed by atoms with Crippen molar-refractivity contribution in [1.82, 2.24) is 4.90 Å². The standard InChI is InChI=1S/C18H23ClN2O3/c1-12-5-6-14(10-15(12)19)21-17(23)11-16(18(21)24)20-8-3-2-4-13(20)7-9-22/h5-6,10,13,16,22H,2-4,7-9,11H2,1H3/t13-,16-/m1/s1. The van der Waals surface area contributed by atoms with Crippen molar-refractivity contribution in [3.8, 4) is 0 Å². The molecule has 2 fully saturated rings. The van der Waals surface area contributed by atoms with E-state index in [1.165, 1.54) is 4.90 Å². The van der Waals surface area contributed by atoms with E-state index in [4.69, 9.17) is 11.6 Å². The molecule has 0 unspecified atom stereocenters. The number of hydrogen-bond donors (Lipinski definition) is 1. The molecule has 2 aliphatic heterocycles. The second kappa shape index (κ2) is 7.21. The number of aliphatic hydroxyl groups excluding tert-OH is 1. The monoisotopic (exact) mass is 350 g/mol. The molecule has 2 aliphatic rings. The van der Waals surface area contributed by atoms with Gasteiger partial charge in [-0.15, -0.1) is 0 Å². The number of hydrogen-bond acceptors (Lipinski definition) is 4. The van der Waals surface area contributed by atoms with Crippen LogP contribution in [-0.2, 0) is 9.59 Å². The Kier molecular flexibility index (Phi) is 5.23. The van der Waals surface area contributed by atoms with Crippen molar-refractivity contribution in [3.05, 3.63) is 28.8 Å². The molecule has 6 heteroatoms. The number of amides is 2. The molecule has 2 amide bonds. The first-order valence-corrected chi connectivity index (χ1v) is 8.90. The van der Waals surface area contributed by atoms with Crippen LogP contribution in [0, 0.1) is 6.92 Å². The molecule has 0 spiro atoms. The lowest BCUT2D eigenvalue weighted by Crippen LogP contribution is -2.50. The summed E-state index contributed by atoms with van der Waals surface area (Å²) in [5.41, 5.74) is 1.45. The number of benzene rings is 1. The minimum absolute atomic E-state index is 0.104. The molecule has 3 rings (SSSR count). The molecule has 24 heavy (non-hydrogen) atoms. The summed E-state index contributed by atoms with van der Waals surface area (Å²) in [5.74, 6) is -0.358. The molecular weight excluding hydrogens is 328 g/mol. The number of carbonyl (C=O) groups excluding carboxylic acids is 2. The van der Waals surface area contributed by atoms with Crippen LogP contribution in [0.2, 0.25) is 5.02 Å². The predicted octanol–water partition coefficient (Wildman–Crippen LogP) is 2.52. The quantitative estimate of drug-likeness (QED) is 0.848. The van der Waals surface area contributed by atoms with Crippen molar-refractivity contribution in [3.63, 3.8) is 0 Å². The second-order valence-electron chi connectivity index (χ2n) is 6.62. The number of rotatable bonds is 4. The summed E-state index contributed by atoms with van der Waals surface area (Å²) in [4.78, 5) is 28.8. The number of imide groups is 1. The number of nitrogens with zero attached hydrogens (tertiary/aromatic N) is 2.